The van der Waals surface area contributed by atoms with E-state index in [0.29, 0.717) is 38.4 Å². The van der Waals surface area contributed by atoms with Gasteiger partial charge < -0.3 is 13.0 Å². The molecule has 0 aliphatic rings. The van der Waals surface area contributed by atoms with E-state index in [1.165, 1.54) is 58.9 Å². The van der Waals surface area contributed by atoms with Crippen molar-refractivity contribution in [2.75, 3.05) is 0 Å². The molecule has 11 heteroatoms. The Hall–Kier alpha value is -5.10. The minimum atomic E-state index is -4.11. The lowest BCUT2D eigenvalue weighted by molar-refractivity contribution is 0.480. The van der Waals surface area contributed by atoms with Crippen LogP contribution in [0.3, 0.4) is 0 Å². The summed E-state index contributed by atoms with van der Waals surface area (Å²) in [5, 5.41) is 1.18. The average Bonchev–Trinajstić information content (AvgIpc) is 3.19. The average molecular weight is 865 g/mol. The molecule has 0 aliphatic carbocycles. The molecule has 0 spiro atoms. The fourth-order valence-electron chi connectivity index (χ4n) is 6.26. The molecule has 2 heterocycles. The van der Waals surface area contributed by atoms with E-state index in [2.05, 4.69) is 90.1 Å². The molecular formula is C49H49FO7S3. The molecule has 0 aliphatic heterocycles. The number of hydrogen-bond donors (Lipinski definition) is 0. The van der Waals surface area contributed by atoms with Crippen molar-refractivity contribution in [3.8, 4) is 5.75 Å². The van der Waals surface area contributed by atoms with Gasteiger partial charge in [-0.1, -0.05) is 143 Å². The van der Waals surface area contributed by atoms with Crippen LogP contribution in [0.1, 0.15) is 80.5 Å². The summed E-state index contributed by atoms with van der Waals surface area (Å²) < 4.78 is 56.7. The van der Waals surface area contributed by atoms with Gasteiger partial charge >= 0.3 is 10.1 Å². The molecule has 7 nitrogen and oxygen atoms in total. The second-order valence-corrected chi connectivity index (χ2v) is 20.2. The van der Waals surface area contributed by atoms with E-state index in [1.54, 1.807) is 50.2 Å². The Morgan fingerprint density at radius 2 is 1.02 bits per heavy atom. The molecule has 0 atom stereocenters. The zero-order chi connectivity index (χ0) is 43.6. The van der Waals surface area contributed by atoms with Crippen LogP contribution in [0.25, 0.3) is 21.9 Å². The number of hydrogen-bond acceptors (Lipinski definition) is 9. The zero-order valence-electron chi connectivity index (χ0n) is 35.3. The zero-order valence-corrected chi connectivity index (χ0v) is 37.7. The highest BCUT2D eigenvalue weighted by Crippen LogP contribution is 2.34. The van der Waals surface area contributed by atoms with Crippen LogP contribution in [0.5, 0.6) is 5.75 Å². The molecule has 5 aromatic carbocycles. The normalized spacial score (nSPS) is 12.0. The molecule has 2 aromatic heterocycles. The predicted octanol–water partition coefficient (Wildman–Crippen LogP) is 12.6. The summed E-state index contributed by atoms with van der Waals surface area (Å²) in [6, 6.07) is 32.4. The van der Waals surface area contributed by atoms with E-state index in [-0.39, 0.29) is 48.7 Å². The van der Waals surface area contributed by atoms with E-state index in [4.69, 9.17) is 13.0 Å². The van der Waals surface area contributed by atoms with Gasteiger partial charge in [-0.05, 0) is 90.3 Å². The molecule has 7 aromatic rings. The second-order valence-electron chi connectivity index (χ2n) is 16.8. The van der Waals surface area contributed by atoms with E-state index < -0.39 is 15.9 Å². The van der Waals surface area contributed by atoms with Crippen molar-refractivity contribution < 1.29 is 25.8 Å². The summed E-state index contributed by atoms with van der Waals surface area (Å²) in [6.45, 7) is 18.3. The highest BCUT2D eigenvalue weighted by atomic mass is 32.2. The van der Waals surface area contributed by atoms with Crippen LogP contribution in [-0.4, -0.2) is 8.42 Å². The summed E-state index contributed by atoms with van der Waals surface area (Å²) in [5.41, 5.74) is 6.77. The SMILES string of the molecule is Cc1c(SCc2ccc(C(C)(C)C)cc2)oc2cccc(F)c2c1=O.Cc1ccc(S(=O)(=O)Oc2cccc3oc(SCc4ccc(C(C)(C)C)cc4)c(C)c(=O)c23)cc1. The van der Waals surface area contributed by atoms with Gasteiger partial charge in [0.2, 0.25) is 5.43 Å². The van der Waals surface area contributed by atoms with Crippen molar-refractivity contribution in [3.63, 3.8) is 0 Å². The van der Waals surface area contributed by atoms with E-state index >= 15 is 0 Å². The maximum absolute atomic E-state index is 13.9. The molecular weight excluding hydrogens is 816 g/mol. The first-order chi connectivity index (χ1) is 28.2. The molecule has 7 rings (SSSR count). The van der Waals surface area contributed by atoms with Gasteiger partial charge in [0, 0.05) is 22.6 Å². The number of fused-ring (bicyclic) bond motifs is 2. The lowest BCUT2D eigenvalue weighted by atomic mass is 9.87. The Morgan fingerprint density at radius 1 is 0.583 bits per heavy atom. The minimum Gasteiger partial charge on any atom is -0.449 e. The molecule has 60 heavy (non-hydrogen) atoms. The number of rotatable bonds is 9. The third-order valence-electron chi connectivity index (χ3n) is 10.0. The first-order valence-electron chi connectivity index (χ1n) is 19.5. The Morgan fingerprint density at radius 3 is 1.48 bits per heavy atom. The summed E-state index contributed by atoms with van der Waals surface area (Å²) in [7, 11) is -4.11. The second kappa shape index (κ2) is 17.9. The fourth-order valence-corrected chi connectivity index (χ4v) is 9.10. The van der Waals surface area contributed by atoms with Crippen molar-refractivity contribution in [2.24, 2.45) is 0 Å². The smallest absolute Gasteiger partial charge is 0.339 e. The van der Waals surface area contributed by atoms with Crippen LogP contribution in [0, 0.1) is 26.6 Å². The third kappa shape index (κ3) is 10.3. The van der Waals surface area contributed by atoms with E-state index in [9.17, 15) is 22.4 Å². The van der Waals surface area contributed by atoms with Gasteiger partial charge in [-0.2, -0.15) is 8.42 Å². The molecule has 0 amide bonds. The topological polar surface area (TPSA) is 104 Å². The van der Waals surface area contributed by atoms with Gasteiger partial charge in [-0.3, -0.25) is 9.59 Å². The highest BCUT2D eigenvalue weighted by Gasteiger charge is 2.22. The molecule has 0 N–H and O–H groups in total. The van der Waals surface area contributed by atoms with Crippen LogP contribution in [0.4, 0.5) is 4.39 Å². The maximum Gasteiger partial charge on any atom is 0.339 e. The van der Waals surface area contributed by atoms with Crippen LogP contribution in [0.2, 0.25) is 0 Å². The van der Waals surface area contributed by atoms with Crippen molar-refractivity contribution >= 4 is 55.6 Å². The van der Waals surface area contributed by atoms with Gasteiger partial charge in [0.1, 0.15) is 32.7 Å². The Balaban J connectivity index is 0.000000213. The largest absolute Gasteiger partial charge is 0.449 e. The van der Waals surface area contributed by atoms with Crippen molar-refractivity contribution in [3.05, 3.63) is 174 Å². The monoisotopic (exact) mass is 864 g/mol. The van der Waals surface area contributed by atoms with Gasteiger partial charge in [0.05, 0.1) is 0 Å². The maximum atomic E-state index is 13.9. The van der Waals surface area contributed by atoms with Crippen molar-refractivity contribution in [1.82, 2.24) is 0 Å². The number of halogens is 1. The summed E-state index contributed by atoms with van der Waals surface area (Å²) in [5.74, 6) is 0.741. The number of thioether (sulfide) groups is 2. The standard InChI is InChI=1S/C28H28O5S2.C21H21FO2S/c1-18-9-15-22(16-10-18)35(30,31)33-24-8-6-7-23-25(24)26(29)19(2)27(32-23)34-17-20-11-13-21(14-12-20)28(3,4)5;1-13-19(23)18-16(22)6-5-7-17(18)24-20(13)25-12-14-8-10-15(11-9-14)21(2,3)4/h6-16H,17H2,1-5H3;5-11H,12H2,1-4H3. The Bertz CT molecular complexity index is 2880. The molecule has 0 bridgehead atoms. The quantitative estimate of drug-likeness (QED) is 0.104. The van der Waals surface area contributed by atoms with E-state index in [1.807, 2.05) is 6.92 Å². The van der Waals surface area contributed by atoms with Crippen LogP contribution >= 0.6 is 23.5 Å². The fraction of sp³-hybridized carbons (Fsp3) is 0.265. The summed E-state index contributed by atoms with van der Waals surface area (Å²) in [4.78, 5) is 25.7. The Labute approximate surface area is 359 Å². The molecule has 312 valence electrons. The predicted molar refractivity (Wildman–Crippen MR) is 243 cm³/mol. The number of benzene rings is 5. The molecule has 0 radical (unpaired) electrons. The first-order valence-corrected chi connectivity index (χ1v) is 22.8. The molecule has 0 saturated carbocycles. The first kappa shape index (κ1) is 44.5. The van der Waals surface area contributed by atoms with Crippen LogP contribution in [0.15, 0.2) is 143 Å². The number of aryl methyl sites for hydroxylation is 1. The minimum absolute atomic E-state index is 0.0193. The Kier molecular flexibility index (Phi) is 13.2. The van der Waals surface area contributed by atoms with Gasteiger partial charge in [-0.25, -0.2) is 4.39 Å². The van der Waals surface area contributed by atoms with Gasteiger partial charge in [-0.15, -0.1) is 0 Å². The highest BCUT2D eigenvalue weighted by molar-refractivity contribution is 7.98. The molecule has 0 unspecified atom stereocenters. The van der Waals surface area contributed by atoms with Gasteiger partial charge in [0.25, 0.3) is 0 Å². The van der Waals surface area contributed by atoms with Crippen LogP contribution in [-0.2, 0) is 32.5 Å². The van der Waals surface area contributed by atoms with Crippen molar-refractivity contribution in [1.29, 1.82) is 0 Å². The van der Waals surface area contributed by atoms with Crippen LogP contribution < -0.4 is 15.0 Å². The molecule has 0 fully saturated rings. The summed E-state index contributed by atoms with van der Waals surface area (Å²) >= 11 is 2.89. The molecule has 0 saturated heterocycles. The van der Waals surface area contributed by atoms with E-state index in [0.717, 1.165) is 16.7 Å². The summed E-state index contributed by atoms with van der Waals surface area (Å²) in [6.07, 6.45) is 0. The van der Waals surface area contributed by atoms with Gasteiger partial charge in [0.15, 0.2) is 21.4 Å². The van der Waals surface area contributed by atoms with Crippen molar-refractivity contribution in [2.45, 2.75) is 99.7 Å². The lowest BCUT2D eigenvalue weighted by Gasteiger charge is -2.19. The lowest BCUT2D eigenvalue weighted by Crippen LogP contribution is -2.13. The third-order valence-corrected chi connectivity index (χ3v) is 13.5.